The summed E-state index contributed by atoms with van der Waals surface area (Å²) in [4.78, 5) is 0. The van der Waals surface area contributed by atoms with Crippen molar-refractivity contribution in [2.45, 2.75) is 156 Å². The van der Waals surface area contributed by atoms with E-state index in [4.69, 9.17) is 8.83 Å². The maximum atomic E-state index is 7.34. The highest BCUT2D eigenvalue weighted by Crippen LogP contribution is 2.45. The number of furan rings is 2. The molecule has 0 spiro atoms. The van der Waals surface area contributed by atoms with Crippen LogP contribution in [0.15, 0.2) is 33.1 Å². The first-order valence-corrected chi connectivity index (χ1v) is 28.9. The Morgan fingerprint density at radius 2 is 0.545 bits per heavy atom. The minimum atomic E-state index is -2.03. The standard InChI is InChI=1S/C38H64O2Si4/c1-35(2,3)41(13,14)31-27-23-21-26-25(29(27)33(39-31)43(17,18)37(7,8)9)22-24-28-30(26)34(44(19,20)38(10,11)12)40-32(28)42(15,16)36(4,5)6/h21-24H,1-20H3. The summed E-state index contributed by atoms with van der Waals surface area (Å²) in [6.45, 7) is 49.0. The minimum Gasteiger partial charge on any atom is -0.475 e. The normalized spacial score (nSPS) is 15.3. The van der Waals surface area contributed by atoms with Gasteiger partial charge in [0.25, 0.3) is 0 Å². The third kappa shape index (κ3) is 5.04. The van der Waals surface area contributed by atoms with E-state index in [1.807, 2.05) is 0 Å². The molecule has 0 unspecified atom stereocenters. The van der Waals surface area contributed by atoms with Gasteiger partial charge in [-0.2, -0.15) is 0 Å². The van der Waals surface area contributed by atoms with Crippen LogP contribution in [0.25, 0.3) is 32.3 Å². The van der Waals surface area contributed by atoms with E-state index in [0.717, 1.165) is 0 Å². The lowest BCUT2D eigenvalue weighted by atomic mass is 10.0. The SMILES string of the molecule is CC(C)(C)[Si](C)(C)c1oc([Si](C)(C)C(C)(C)C)c2c1ccc1c2ccc2c([Si](C)(C)C(C)(C)C)oc([Si](C)(C)C(C)(C)C)c21. The number of benzene rings is 2. The molecular weight excluding hydrogens is 601 g/mol. The molecule has 4 aromatic rings. The molecule has 2 aromatic carbocycles. The molecule has 244 valence electrons. The van der Waals surface area contributed by atoms with Gasteiger partial charge in [0.2, 0.25) is 0 Å². The lowest BCUT2D eigenvalue weighted by molar-refractivity contribution is 0.608. The summed E-state index contributed by atoms with van der Waals surface area (Å²) in [5, 5.41) is 14.0. The second-order valence-electron chi connectivity index (χ2n) is 20.1. The zero-order valence-corrected chi connectivity index (χ0v) is 36.1. The van der Waals surface area contributed by atoms with Crippen LogP contribution in [0.2, 0.25) is 72.5 Å². The van der Waals surface area contributed by atoms with E-state index < -0.39 is 32.3 Å². The predicted molar refractivity (Wildman–Crippen MR) is 211 cm³/mol. The van der Waals surface area contributed by atoms with E-state index in [-0.39, 0.29) is 20.2 Å². The highest BCUT2D eigenvalue weighted by Gasteiger charge is 2.48. The predicted octanol–water partition coefficient (Wildman–Crippen LogP) is 11.2. The van der Waals surface area contributed by atoms with Crippen LogP contribution in [-0.2, 0) is 0 Å². The van der Waals surface area contributed by atoms with Gasteiger partial charge in [-0.15, -0.1) is 0 Å². The Kier molecular flexibility index (Phi) is 8.13. The first-order valence-electron chi connectivity index (χ1n) is 16.9. The Labute approximate surface area is 273 Å². The fraction of sp³-hybridized carbons (Fsp3) is 0.632. The smallest absolute Gasteiger partial charge is 0.132 e. The van der Waals surface area contributed by atoms with E-state index in [2.05, 4.69) is 160 Å². The Bertz CT molecular complexity index is 1600. The molecule has 0 atom stereocenters. The van der Waals surface area contributed by atoms with Crippen molar-refractivity contribution >= 4 is 86.1 Å². The van der Waals surface area contributed by atoms with Gasteiger partial charge in [-0.25, -0.2) is 0 Å². The van der Waals surface area contributed by atoms with Crippen LogP contribution < -0.4 is 21.5 Å². The van der Waals surface area contributed by atoms with Crippen LogP contribution in [0.4, 0.5) is 0 Å². The Balaban J connectivity index is 2.32. The van der Waals surface area contributed by atoms with Gasteiger partial charge < -0.3 is 8.83 Å². The second kappa shape index (κ2) is 10.1. The number of fused-ring (bicyclic) bond motifs is 5. The number of rotatable bonds is 4. The molecule has 2 aromatic heterocycles. The molecule has 0 amide bonds. The summed E-state index contributed by atoms with van der Waals surface area (Å²) in [5.41, 5.74) is 0. The van der Waals surface area contributed by atoms with E-state index in [9.17, 15) is 0 Å². The van der Waals surface area contributed by atoms with E-state index in [1.165, 1.54) is 53.9 Å². The number of hydrogen-bond donors (Lipinski definition) is 0. The monoisotopic (exact) mass is 664 g/mol. The van der Waals surface area contributed by atoms with Crippen LogP contribution >= 0.6 is 0 Å². The van der Waals surface area contributed by atoms with E-state index in [1.54, 1.807) is 0 Å². The van der Waals surface area contributed by atoms with Gasteiger partial charge in [0.15, 0.2) is 0 Å². The van der Waals surface area contributed by atoms with Crippen LogP contribution in [0.1, 0.15) is 83.1 Å². The highest BCUT2D eigenvalue weighted by molar-refractivity contribution is 6.97. The fourth-order valence-electron chi connectivity index (χ4n) is 5.86. The molecule has 0 saturated heterocycles. The lowest BCUT2D eigenvalue weighted by Gasteiger charge is -2.37. The quantitative estimate of drug-likeness (QED) is 0.203. The molecule has 0 fully saturated rings. The van der Waals surface area contributed by atoms with Gasteiger partial charge in [0.05, 0.1) is 21.5 Å². The summed E-state index contributed by atoms with van der Waals surface area (Å²) in [6, 6.07) is 9.73. The van der Waals surface area contributed by atoms with Crippen molar-refractivity contribution < 1.29 is 8.83 Å². The molecule has 6 heteroatoms. The van der Waals surface area contributed by atoms with Crippen LogP contribution in [-0.4, -0.2) is 32.3 Å². The average molecular weight is 665 g/mol. The van der Waals surface area contributed by atoms with Crippen molar-refractivity contribution in [2.24, 2.45) is 0 Å². The van der Waals surface area contributed by atoms with Crippen molar-refractivity contribution in [3.8, 4) is 0 Å². The molecule has 0 aliphatic heterocycles. The summed E-state index contributed by atoms with van der Waals surface area (Å²) in [5.74, 6) is 0. The Morgan fingerprint density at radius 1 is 0.341 bits per heavy atom. The van der Waals surface area contributed by atoms with E-state index in [0.29, 0.717) is 0 Å². The first kappa shape index (κ1) is 35.5. The summed E-state index contributed by atoms with van der Waals surface area (Å²) in [6.07, 6.45) is 0. The topological polar surface area (TPSA) is 26.3 Å². The van der Waals surface area contributed by atoms with Gasteiger partial charge in [-0.1, -0.05) is 160 Å². The molecule has 0 aliphatic rings. The zero-order chi connectivity index (χ0) is 34.0. The molecule has 44 heavy (non-hydrogen) atoms. The molecule has 0 radical (unpaired) electrons. The third-order valence-corrected chi connectivity index (χ3v) is 34.3. The molecule has 2 heterocycles. The summed E-state index contributed by atoms with van der Waals surface area (Å²) < 4.78 is 14.7. The van der Waals surface area contributed by atoms with Crippen molar-refractivity contribution in [1.29, 1.82) is 0 Å². The van der Waals surface area contributed by atoms with Crippen LogP contribution in [0, 0.1) is 0 Å². The summed E-state index contributed by atoms with van der Waals surface area (Å²) >= 11 is 0. The third-order valence-electron chi connectivity index (χ3n) is 13.3. The minimum absolute atomic E-state index is 0.159. The maximum Gasteiger partial charge on any atom is 0.132 e. The van der Waals surface area contributed by atoms with Gasteiger partial charge >= 0.3 is 0 Å². The molecule has 0 N–H and O–H groups in total. The molecule has 2 nitrogen and oxygen atoms in total. The molecule has 0 bridgehead atoms. The van der Waals surface area contributed by atoms with E-state index >= 15 is 0 Å². The molecule has 0 saturated carbocycles. The molecule has 4 rings (SSSR count). The maximum absolute atomic E-state index is 7.34. The molecular formula is C38H64O2Si4. The summed E-state index contributed by atoms with van der Waals surface area (Å²) in [7, 11) is -7.98. The van der Waals surface area contributed by atoms with Crippen molar-refractivity contribution in [2.75, 3.05) is 0 Å². The van der Waals surface area contributed by atoms with Crippen LogP contribution in [0.3, 0.4) is 0 Å². The fourth-order valence-corrected chi connectivity index (χ4v) is 13.8. The number of hydrogen-bond acceptors (Lipinski definition) is 2. The Morgan fingerprint density at radius 3 is 0.773 bits per heavy atom. The van der Waals surface area contributed by atoms with Gasteiger partial charge in [-0.05, 0) is 30.9 Å². The highest BCUT2D eigenvalue weighted by atomic mass is 28.3. The van der Waals surface area contributed by atoms with Crippen molar-refractivity contribution in [3.05, 3.63) is 24.3 Å². The second-order valence-corrected chi connectivity index (χ2v) is 40.9. The first-order chi connectivity index (χ1) is 19.4. The lowest BCUT2D eigenvalue weighted by Crippen LogP contribution is -2.52. The van der Waals surface area contributed by atoms with Gasteiger partial charge in [-0.3, -0.25) is 0 Å². The Hall–Kier alpha value is -1.35. The van der Waals surface area contributed by atoms with Gasteiger partial charge in [0, 0.05) is 21.5 Å². The largest absolute Gasteiger partial charge is 0.475 e. The van der Waals surface area contributed by atoms with Crippen molar-refractivity contribution in [1.82, 2.24) is 0 Å². The van der Waals surface area contributed by atoms with Gasteiger partial charge in [0.1, 0.15) is 32.3 Å². The zero-order valence-electron chi connectivity index (χ0n) is 32.1. The van der Waals surface area contributed by atoms with Crippen molar-refractivity contribution in [3.63, 3.8) is 0 Å². The molecule has 0 aliphatic carbocycles. The van der Waals surface area contributed by atoms with Crippen LogP contribution in [0.5, 0.6) is 0 Å². The average Bonchev–Trinajstić information content (AvgIpc) is 3.42.